The molecule has 2 fully saturated rings. The van der Waals surface area contributed by atoms with Crippen molar-refractivity contribution < 1.29 is 9.53 Å². The standard InChI is InChI=1S/C11H17NO2/c1-7(2)10-12-9(13)8(3)5-11(12,4)6-14-10/h7,10H,3,5-6H2,1-2,4H3/t10-,11+/m1/s1. The molecule has 0 aromatic carbocycles. The Morgan fingerprint density at radius 2 is 2.29 bits per heavy atom. The van der Waals surface area contributed by atoms with Crippen molar-refractivity contribution in [3.8, 4) is 0 Å². The summed E-state index contributed by atoms with van der Waals surface area (Å²) in [5, 5.41) is 0. The summed E-state index contributed by atoms with van der Waals surface area (Å²) in [6.07, 6.45) is 0.682. The van der Waals surface area contributed by atoms with Crippen LogP contribution >= 0.6 is 0 Å². The van der Waals surface area contributed by atoms with Crippen LogP contribution < -0.4 is 0 Å². The summed E-state index contributed by atoms with van der Waals surface area (Å²) < 4.78 is 5.67. The maximum atomic E-state index is 11.9. The number of nitrogens with zero attached hydrogens (tertiary/aromatic N) is 1. The predicted octanol–water partition coefficient (Wildman–Crippen LogP) is 1.55. The second-order valence-electron chi connectivity index (χ2n) is 4.90. The van der Waals surface area contributed by atoms with E-state index in [-0.39, 0.29) is 17.7 Å². The van der Waals surface area contributed by atoms with Crippen molar-refractivity contribution in [3.63, 3.8) is 0 Å². The molecule has 2 aliphatic rings. The van der Waals surface area contributed by atoms with Crippen molar-refractivity contribution in [2.24, 2.45) is 5.92 Å². The molecule has 2 rings (SSSR count). The molecule has 0 bridgehead atoms. The van der Waals surface area contributed by atoms with Gasteiger partial charge in [0.1, 0.15) is 6.23 Å². The molecule has 3 heteroatoms. The number of amides is 1. The van der Waals surface area contributed by atoms with E-state index in [1.54, 1.807) is 0 Å². The summed E-state index contributed by atoms with van der Waals surface area (Å²) in [4.78, 5) is 13.7. The molecule has 2 saturated heterocycles. The Bertz CT molecular complexity index is 298. The zero-order chi connectivity index (χ0) is 10.5. The molecule has 3 nitrogen and oxygen atoms in total. The van der Waals surface area contributed by atoms with E-state index in [0.717, 1.165) is 12.0 Å². The molecular formula is C11H17NO2. The molecule has 0 aromatic heterocycles. The number of carbonyl (C=O) groups excluding carboxylic acids is 1. The van der Waals surface area contributed by atoms with Crippen LogP contribution in [0.15, 0.2) is 12.2 Å². The van der Waals surface area contributed by atoms with Crippen LogP contribution in [-0.2, 0) is 9.53 Å². The first-order valence-corrected chi connectivity index (χ1v) is 5.09. The highest BCUT2D eigenvalue weighted by atomic mass is 16.5. The van der Waals surface area contributed by atoms with Gasteiger partial charge in [-0.3, -0.25) is 4.79 Å². The van der Waals surface area contributed by atoms with Gasteiger partial charge in [-0.1, -0.05) is 20.4 Å². The molecule has 0 saturated carbocycles. The van der Waals surface area contributed by atoms with Crippen LogP contribution in [0.4, 0.5) is 0 Å². The molecule has 0 spiro atoms. The van der Waals surface area contributed by atoms with Crippen molar-refractivity contribution in [1.29, 1.82) is 0 Å². The third kappa shape index (κ3) is 1.12. The van der Waals surface area contributed by atoms with Crippen LogP contribution in [0.5, 0.6) is 0 Å². The fourth-order valence-electron chi connectivity index (χ4n) is 2.41. The van der Waals surface area contributed by atoms with Crippen molar-refractivity contribution in [2.45, 2.75) is 39.0 Å². The lowest BCUT2D eigenvalue weighted by molar-refractivity contribution is -0.134. The van der Waals surface area contributed by atoms with Crippen molar-refractivity contribution >= 4 is 5.91 Å². The van der Waals surface area contributed by atoms with E-state index in [4.69, 9.17) is 4.74 Å². The maximum absolute atomic E-state index is 11.9. The quantitative estimate of drug-likeness (QED) is 0.594. The number of hydrogen-bond acceptors (Lipinski definition) is 2. The van der Waals surface area contributed by atoms with E-state index in [2.05, 4.69) is 27.4 Å². The number of hydrogen-bond donors (Lipinski definition) is 0. The number of rotatable bonds is 1. The second kappa shape index (κ2) is 2.83. The number of fused-ring (bicyclic) bond motifs is 1. The first kappa shape index (κ1) is 9.71. The normalized spacial score (nSPS) is 37.1. The zero-order valence-corrected chi connectivity index (χ0v) is 9.04. The SMILES string of the molecule is C=C1C[C@@]2(C)CO[C@H](C(C)C)N2C1=O. The Labute approximate surface area is 84.7 Å². The average molecular weight is 195 g/mol. The van der Waals surface area contributed by atoms with Gasteiger partial charge in [-0.05, 0) is 12.8 Å². The van der Waals surface area contributed by atoms with Gasteiger partial charge in [0, 0.05) is 12.0 Å². The first-order chi connectivity index (χ1) is 6.46. The summed E-state index contributed by atoms with van der Waals surface area (Å²) in [5.41, 5.74) is 0.588. The van der Waals surface area contributed by atoms with Gasteiger partial charge in [0.05, 0.1) is 12.1 Å². The largest absolute Gasteiger partial charge is 0.356 e. The summed E-state index contributed by atoms with van der Waals surface area (Å²) in [6, 6.07) is 0. The molecule has 0 unspecified atom stereocenters. The van der Waals surface area contributed by atoms with Crippen molar-refractivity contribution in [2.75, 3.05) is 6.61 Å². The molecular weight excluding hydrogens is 178 g/mol. The second-order valence-corrected chi connectivity index (χ2v) is 4.90. The van der Waals surface area contributed by atoms with Crippen LogP contribution in [0.2, 0.25) is 0 Å². The Balaban J connectivity index is 2.32. The zero-order valence-electron chi connectivity index (χ0n) is 9.04. The molecule has 1 amide bonds. The lowest BCUT2D eigenvalue weighted by Crippen LogP contribution is -2.45. The minimum atomic E-state index is -0.136. The van der Waals surface area contributed by atoms with E-state index in [9.17, 15) is 4.79 Å². The molecule has 0 aromatic rings. The van der Waals surface area contributed by atoms with Crippen LogP contribution in [0.25, 0.3) is 0 Å². The molecule has 2 heterocycles. The van der Waals surface area contributed by atoms with Crippen molar-refractivity contribution in [1.82, 2.24) is 4.90 Å². The Morgan fingerprint density at radius 1 is 1.64 bits per heavy atom. The minimum Gasteiger partial charge on any atom is -0.356 e. The highest BCUT2D eigenvalue weighted by molar-refractivity contribution is 5.96. The van der Waals surface area contributed by atoms with Crippen LogP contribution in [0.3, 0.4) is 0 Å². The lowest BCUT2D eigenvalue weighted by atomic mass is 9.99. The number of carbonyl (C=O) groups is 1. The summed E-state index contributed by atoms with van der Waals surface area (Å²) in [7, 11) is 0. The van der Waals surface area contributed by atoms with Crippen LogP contribution in [0.1, 0.15) is 27.2 Å². The molecule has 14 heavy (non-hydrogen) atoms. The topological polar surface area (TPSA) is 29.5 Å². The van der Waals surface area contributed by atoms with Crippen LogP contribution in [0, 0.1) is 5.92 Å². The first-order valence-electron chi connectivity index (χ1n) is 5.09. The highest BCUT2D eigenvalue weighted by Gasteiger charge is 2.53. The maximum Gasteiger partial charge on any atom is 0.251 e. The molecule has 2 atom stereocenters. The summed E-state index contributed by atoms with van der Waals surface area (Å²) in [5.74, 6) is 0.412. The average Bonchev–Trinajstić information content (AvgIpc) is 2.50. The van der Waals surface area contributed by atoms with E-state index >= 15 is 0 Å². The minimum absolute atomic E-state index is 0.0632. The van der Waals surface area contributed by atoms with E-state index < -0.39 is 0 Å². The van der Waals surface area contributed by atoms with Gasteiger partial charge in [0.25, 0.3) is 5.91 Å². The Morgan fingerprint density at radius 3 is 2.86 bits per heavy atom. The van der Waals surface area contributed by atoms with Gasteiger partial charge in [0.15, 0.2) is 0 Å². The Hall–Kier alpha value is -0.830. The summed E-state index contributed by atoms with van der Waals surface area (Å²) >= 11 is 0. The summed E-state index contributed by atoms with van der Waals surface area (Å²) in [6.45, 7) is 10.7. The fourth-order valence-corrected chi connectivity index (χ4v) is 2.41. The fraction of sp³-hybridized carbons (Fsp3) is 0.727. The molecule has 0 radical (unpaired) electrons. The highest BCUT2D eigenvalue weighted by Crippen LogP contribution is 2.41. The van der Waals surface area contributed by atoms with Gasteiger partial charge in [-0.2, -0.15) is 0 Å². The van der Waals surface area contributed by atoms with Gasteiger partial charge < -0.3 is 9.64 Å². The third-order valence-electron chi connectivity index (χ3n) is 3.09. The third-order valence-corrected chi connectivity index (χ3v) is 3.09. The monoisotopic (exact) mass is 195 g/mol. The van der Waals surface area contributed by atoms with E-state index in [1.165, 1.54) is 0 Å². The van der Waals surface area contributed by atoms with E-state index in [0.29, 0.717) is 12.5 Å². The smallest absolute Gasteiger partial charge is 0.251 e. The van der Waals surface area contributed by atoms with Gasteiger partial charge in [-0.15, -0.1) is 0 Å². The van der Waals surface area contributed by atoms with Gasteiger partial charge >= 0.3 is 0 Å². The van der Waals surface area contributed by atoms with Gasteiger partial charge in [0.2, 0.25) is 0 Å². The van der Waals surface area contributed by atoms with Crippen molar-refractivity contribution in [3.05, 3.63) is 12.2 Å². The number of ether oxygens (including phenoxy) is 1. The van der Waals surface area contributed by atoms with Gasteiger partial charge in [-0.25, -0.2) is 0 Å². The molecule has 78 valence electrons. The molecule has 2 aliphatic heterocycles. The predicted molar refractivity (Wildman–Crippen MR) is 53.6 cm³/mol. The van der Waals surface area contributed by atoms with E-state index in [1.807, 2.05) is 4.90 Å². The Kier molecular flexibility index (Phi) is 1.96. The molecule has 0 N–H and O–H groups in total. The van der Waals surface area contributed by atoms with Crippen LogP contribution in [-0.4, -0.2) is 29.2 Å². The lowest BCUT2D eigenvalue weighted by Gasteiger charge is -2.30. The molecule has 0 aliphatic carbocycles.